The van der Waals surface area contributed by atoms with Crippen LogP contribution in [0.4, 0.5) is 17.1 Å². The molecule has 0 unspecified atom stereocenters. The van der Waals surface area contributed by atoms with Crippen molar-refractivity contribution in [2.45, 2.75) is 19.3 Å². The van der Waals surface area contributed by atoms with Gasteiger partial charge in [0.25, 0.3) is 0 Å². The van der Waals surface area contributed by atoms with Crippen molar-refractivity contribution in [2.75, 3.05) is 4.90 Å². The summed E-state index contributed by atoms with van der Waals surface area (Å²) in [5, 5.41) is 4.70. The zero-order chi connectivity index (χ0) is 32.0. The predicted octanol–water partition coefficient (Wildman–Crippen LogP) is 12.8. The van der Waals surface area contributed by atoms with Crippen LogP contribution in [0.1, 0.15) is 25.0 Å². The van der Waals surface area contributed by atoms with Crippen LogP contribution in [0.2, 0.25) is 0 Å². The standard InChI is InChI=1S/C44H30N2OS/c1-44(2)35-16-8-6-14-31(35)32-22-20-30(26-36(32)44)46(29-21-24-40-34(25-29)33-15-7-9-18-39(33)48-40)38-17-10-13-27-19-23-37-42(41(27)38)47-43(45-37)28-11-4-3-5-12-28/h3-26H,1-2H3. The summed E-state index contributed by atoms with van der Waals surface area (Å²) in [5.74, 6) is 0.627. The van der Waals surface area contributed by atoms with Gasteiger partial charge in [-0.05, 0) is 88.3 Å². The van der Waals surface area contributed by atoms with Gasteiger partial charge in [0.2, 0.25) is 5.89 Å². The minimum Gasteiger partial charge on any atom is -0.435 e. The van der Waals surface area contributed by atoms with Gasteiger partial charge in [-0.25, -0.2) is 4.98 Å². The van der Waals surface area contributed by atoms with Gasteiger partial charge in [-0.1, -0.05) is 98.8 Å². The van der Waals surface area contributed by atoms with Crippen LogP contribution in [0, 0.1) is 0 Å². The van der Waals surface area contributed by atoms with Gasteiger partial charge < -0.3 is 9.32 Å². The minimum atomic E-state index is -0.122. The minimum absolute atomic E-state index is 0.122. The Kier molecular flexibility index (Phi) is 5.79. The van der Waals surface area contributed by atoms with E-state index in [4.69, 9.17) is 9.40 Å². The molecule has 2 heterocycles. The highest BCUT2D eigenvalue weighted by Crippen LogP contribution is 2.51. The lowest BCUT2D eigenvalue weighted by atomic mass is 9.82. The summed E-state index contributed by atoms with van der Waals surface area (Å²) in [5.41, 5.74) is 11.1. The second-order valence-corrected chi connectivity index (χ2v) is 14.3. The number of hydrogen-bond acceptors (Lipinski definition) is 4. The number of rotatable bonds is 4. The summed E-state index contributed by atoms with van der Waals surface area (Å²) < 4.78 is 9.25. The number of fused-ring (bicyclic) bond motifs is 9. The van der Waals surface area contributed by atoms with Crippen LogP contribution in [0.15, 0.2) is 150 Å². The smallest absolute Gasteiger partial charge is 0.227 e. The first kappa shape index (κ1) is 27.4. The Morgan fingerprint density at radius 2 is 1.35 bits per heavy atom. The molecule has 3 nitrogen and oxygen atoms in total. The molecule has 4 heteroatoms. The van der Waals surface area contributed by atoms with E-state index in [1.54, 1.807) is 0 Å². The zero-order valence-corrected chi connectivity index (χ0v) is 27.4. The average Bonchev–Trinajstić information content (AvgIpc) is 3.80. The maximum Gasteiger partial charge on any atom is 0.227 e. The molecule has 7 aromatic carbocycles. The van der Waals surface area contributed by atoms with Gasteiger partial charge in [0.05, 0.1) is 11.1 Å². The Bertz CT molecular complexity index is 2720. The average molecular weight is 635 g/mol. The van der Waals surface area contributed by atoms with Gasteiger partial charge in [0.1, 0.15) is 5.52 Å². The molecule has 0 fully saturated rings. The van der Waals surface area contributed by atoms with Crippen molar-refractivity contribution < 1.29 is 4.42 Å². The highest BCUT2D eigenvalue weighted by atomic mass is 32.1. The third-order valence-corrected chi connectivity index (χ3v) is 11.2. The van der Waals surface area contributed by atoms with E-state index in [1.807, 2.05) is 41.7 Å². The maximum atomic E-state index is 6.66. The normalized spacial score (nSPS) is 13.4. The molecule has 0 bridgehead atoms. The summed E-state index contributed by atoms with van der Waals surface area (Å²) in [6.07, 6.45) is 0. The molecule has 10 rings (SSSR count). The first-order valence-electron chi connectivity index (χ1n) is 16.4. The molecule has 1 aliphatic rings. The van der Waals surface area contributed by atoms with Gasteiger partial charge >= 0.3 is 0 Å². The second-order valence-electron chi connectivity index (χ2n) is 13.2. The summed E-state index contributed by atoms with van der Waals surface area (Å²) in [7, 11) is 0. The van der Waals surface area contributed by atoms with E-state index in [1.165, 1.54) is 42.4 Å². The van der Waals surface area contributed by atoms with Gasteiger partial charge in [-0.3, -0.25) is 0 Å². The molecule has 0 radical (unpaired) electrons. The number of benzene rings is 7. The Morgan fingerprint density at radius 1 is 0.604 bits per heavy atom. The molecule has 1 aliphatic carbocycles. The van der Waals surface area contributed by atoms with Crippen molar-refractivity contribution in [3.05, 3.63) is 157 Å². The second kappa shape index (κ2) is 10.1. The van der Waals surface area contributed by atoms with Crippen LogP contribution in [0.5, 0.6) is 0 Å². The number of nitrogens with zero attached hydrogens (tertiary/aromatic N) is 2. The van der Waals surface area contributed by atoms with Gasteiger partial charge in [-0.15, -0.1) is 11.3 Å². The van der Waals surface area contributed by atoms with Crippen molar-refractivity contribution in [1.29, 1.82) is 0 Å². The molecule has 0 N–H and O–H groups in total. The molecule has 0 spiro atoms. The molecule has 0 aliphatic heterocycles. The zero-order valence-electron chi connectivity index (χ0n) is 26.6. The summed E-state index contributed by atoms with van der Waals surface area (Å²) >= 11 is 1.85. The Hall–Kier alpha value is -5.71. The Balaban J connectivity index is 1.26. The van der Waals surface area contributed by atoms with Crippen LogP contribution in [0.25, 0.3) is 64.6 Å². The molecule has 2 aromatic heterocycles. The molecular formula is C44H30N2OS. The fourth-order valence-electron chi connectivity index (χ4n) is 7.74. The van der Waals surface area contributed by atoms with E-state index in [2.05, 4.69) is 134 Å². The van der Waals surface area contributed by atoms with Gasteiger partial charge in [0, 0.05) is 42.5 Å². The van der Waals surface area contributed by atoms with Crippen molar-refractivity contribution in [3.8, 4) is 22.6 Å². The largest absolute Gasteiger partial charge is 0.435 e. The Labute approximate surface area is 282 Å². The lowest BCUT2D eigenvalue weighted by Crippen LogP contribution is -2.16. The van der Waals surface area contributed by atoms with E-state index >= 15 is 0 Å². The molecule has 228 valence electrons. The third-order valence-electron chi connectivity index (χ3n) is 10.1. The fourth-order valence-corrected chi connectivity index (χ4v) is 8.83. The number of anilines is 3. The number of thiophene rings is 1. The monoisotopic (exact) mass is 634 g/mol. The maximum absolute atomic E-state index is 6.66. The quantitative estimate of drug-likeness (QED) is 0.193. The van der Waals surface area contributed by atoms with Crippen LogP contribution in [-0.4, -0.2) is 4.98 Å². The molecule has 0 saturated carbocycles. The van der Waals surface area contributed by atoms with Crippen molar-refractivity contribution >= 4 is 70.4 Å². The SMILES string of the molecule is CC1(C)c2ccccc2-c2ccc(N(c3ccc4sc5ccccc5c4c3)c3cccc4ccc5nc(-c6ccccc6)oc5c34)cc21. The van der Waals surface area contributed by atoms with Crippen LogP contribution >= 0.6 is 11.3 Å². The lowest BCUT2D eigenvalue weighted by Gasteiger charge is -2.29. The first-order valence-corrected chi connectivity index (χ1v) is 17.2. The van der Waals surface area contributed by atoms with Crippen LogP contribution in [-0.2, 0) is 5.41 Å². The van der Waals surface area contributed by atoms with Crippen molar-refractivity contribution in [3.63, 3.8) is 0 Å². The highest BCUT2D eigenvalue weighted by Gasteiger charge is 2.36. The number of aromatic nitrogens is 1. The van der Waals surface area contributed by atoms with E-state index in [-0.39, 0.29) is 5.41 Å². The molecule has 9 aromatic rings. The predicted molar refractivity (Wildman–Crippen MR) is 202 cm³/mol. The molecule has 0 atom stereocenters. The van der Waals surface area contributed by atoms with E-state index in [0.29, 0.717) is 5.89 Å². The number of hydrogen-bond donors (Lipinski definition) is 0. The van der Waals surface area contributed by atoms with Gasteiger partial charge in [0.15, 0.2) is 5.58 Å². The lowest BCUT2D eigenvalue weighted by molar-refractivity contribution is 0.623. The van der Waals surface area contributed by atoms with Gasteiger partial charge in [-0.2, -0.15) is 0 Å². The topological polar surface area (TPSA) is 29.3 Å². The fraction of sp³-hybridized carbons (Fsp3) is 0.0682. The summed E-state index contributed by atoms with van der Waals surface area (Å²) in [4.78, 5) is 7.37. The van der Waals surface area contributed by atoms with Crippen LogP contribution in [0.3, 0.4) is 0 Å². The van der Waals surface area contributed by atoms with E-state index in [9.17, 15) is 0 Å². The molecule has 0 amide bonds. The summed E-state index contributed by atoms with van der Waals surface area (Å²) in [6, 6.07) is 52.3. The van der Waals surface area contributed by atoms with Crippen molar-refractivity contribution in [1.82, 2.24) is 4.98 Å². The van der Waals surface area contributed by atoms with E-state index < -0.39 is 0 Å². The number of oxazole rings is 1. The Morgan fingerprint density at radius 3 is 2.27 bits per heavy atom. The highest BCUT2D eigenvalue weighted by molar-refractivity contribution is 7.25. The molecule has 0 saturated heterocycles. The third kappa shape index (κ3) is 3.96. The molecule has 48 heavy (non-hydrogen) atoms. The summed E-state index contributed by atoms with van der Waals surface area (Å²) in [6.45, 7) is 4.69. The van der Waals surface area contributed by atoms with Crippen LogP contribution < -0.4 is 4.90 Å². The molecular weight excluding hydrogens is 605 g/mol. The van der Waals surface area contributed by atoms with Crippen molar-refractivity contribution in [2.24, 2.45) is 0 Å². The first-order chi connectivity index (χ1) is 23.5. The van der Waals surface area contributed by atoms with E-state index in [0.717, 1.165) is 44.5 Å².